The van der Waals surface area contributed by atoms with E-state index in [4.69, 9.17) is 9.47 Å². The number of nitrogens with zero attached hydrogens (tertiary/aromatic N) is 2. The van der Waals surface area contributed by atoms with E-state index in [0.717, 1.165) is 11.3 Å². The third-order valence-electron chi connectivity index (χ3n) is 5.03. The van der Waals surface area contributed by atoms with Gasteiger partial charge in [0.05, 0.1) is 18.6 Å². The van der Waals surface area contributed by atoms with Crippen LogP contribution in [0.3, 0.4) is 0 Å². The summed E-state index contributed by atoms with van der Waals surface area (Å²) in [7, 11) is 1.54. The third kappa shape index (κ3) is 6.86. The van der Waals surface area contributed by atoms with Crippen LogP contribution in [0.5, 0.6) is 11.5 Å². The quantitative estimate of drug-likeness (QED) is 0.269. The van der Waals surface area contributed by atoms with Crippen LogP contribution in [0.4, 0.5) is 11.4 Å². The first-order valence-corrected chi connectivity index (χ1v) is 12.1. The number of aromatic amines is 1. The van der Waals surface area contributed by atoms with Gasteiger partial charge in [-0.3, -0.25) is 14.7 Å². The van der Waals surface area contributed by atoms with Gasteiger partial charge in [-0.05, 0) is 55.5 Å². The molecule has 0 saturated carbocycles. The van der Waals surface area contributed by atoms with Crippen molar-refractivity contribution >= 4 is 35.0 Å². The van der Waals surface area contributed by atoms with E-state index in [1.807, 2.05) is 43.3 Å². The van der Waals surface area contributed by atoms with E-state index < -0.39 is 0 Å². The summed E-state index contributed by atoms with van der Waals surface area (Å²) in [6.07, 6.45) is 0. The summed E-state index contributed by atoms with van der Waals surface area (Å²) in [5, 5.41) is 13.0. The standard InChI is InChI=1S/C26H25N5O4S/c1-17-7-13-20(14-8-17)35-15-23-29-26(31-30-23)36-16-24(32)27-19-11-9-18(10-12-19)25(33)28-21-5-3-4-6-22(21)34-2/h3-14H,15-16H2,1-2H3,(H,27,32)(H,28,33)(H,29,30,31). The molecule has 3 aromatic carbocycles. The fraction of sp³-hybridized carbons (Fsp3) is 0.154. The maximum Gasteiger partial charge on any atom is 0.255 e. The highest BCUT2D eigenvalue weighted by atomic mass is 32.2. The first-order chi connectivity index (χ1) is 17.5. The molecule has 0 aliphatic carbocycles. The number of aromatic nitrogens is 3. The van der Waals surface area contributed by atoms with Crippen LogP contribution in [0.2, 0.25) is 0 Å². The summed E-state index contributed by atoms with van der Waals surface area (Å²) in [6, 6.07) is 21.5. The van der Waals surface area contributed by atoms with Crippen LogP contribution in [0.15, 0.2) is 78.0 Å². The minimum atomic E-state index is -0.278. The minimum absolute atomic E-state index is 0.131. The predicted molar refractivity (Wildman–Crippen MR) is 139 cm³/mol. The molecule has 0 bridgehead atoms. The molecule has 10 heteroatoms. The van der Waals surface area contributed by atoms with Crippen LogP contribution in [0.1, 0.15) is 21.7 Å². The first kappa shape index (κ1) is 24.8. The SMILES string of the molecule is COc1ccccc1NC(=O)c1ccc(NC(=O)CSc2n[nH]c(COc3ccc(C)cc3)n2)cc1. The average Bonchev–Trinajstić information content (AvgIpc) is 3.36. The molecule has 1 heterocycles. The van der Waals surface area contributed by atoms with E-state index in [9.17, 15) is 9.59 Å². The molecule has 4 aromatic rings. The molecule has 1 aromatic heterocycles. The largest absolute Gasteiger partial charge is 0.495 e. The number of amides is 2. The van der Waals surface area contributed by atoms with E-state index >= 15 is 0 Å². The lowest BCUT2D eigenvalue weighted by Gasteiger charge is -2.10. The Morgan fingerprint density at radius 3 is 2.47 bits per heavy atom. The summed E-state index contributed by atoms with van der Waals surface area (Å²) in [6.45, 7) is 2.26. The highest BCUT2D eigenvalue weighted by Crippen LogP contribution is 2.24. The highest BCUT2D eigenvalue weighted by molar-refractivity contribution is 7.99. The van der Waals surface area contributed by atoms with Gasteiger partial charge in [-0.2, -0.15) is 0 Å². The van der Waals surface area contributed by atoms with Crippen molar-refractivity contribution in [3.63, 3.8) is 0 Å². The molecule has 0 radical (unpaired) electrons. The van der Waals surface area contributed by atoms with Crippen molar-refractivity contribution in [1.29, 1.82) is 0 Å². The smallest absolute Gasteiger partial charge is 0.255 e. The normalized spacial score (nSPS) is 10.5. The lowest BCUT2D eigenvalue weighted by atomic mass is 10.2. The molecule has 0 saturated heterocycles. The van der Waals surface area contributed by atoms with Crippen molar-refractivity contribution in [3.05, 3.63) is 89.7 Å². The van der Waals surface area contributed by atoms with Crippen LogP contribution in [-0.4, -0.2) is 39.9 Å². The molecule has 184 valence electrons. The van der Waals surface area contributed by atoms with Gasteiger partial charge in [-0.25, -0.2) is 4.98 Å². The van der Waals surface area contributed by atoms with Crippen LogP contribution in [0, 0.1) is 6.92 Å². The molecule has 9 nitrogen and oxygen atoms in total. The van der Waals surface area contributed by atoms with Gasteiger partial charge in [0.15, 0.2) is 5.82 Å². The number of thioether (sulfide) groups is 1. The second kappa shape index (κ2) is 11.9. The van der Waals surface area contributed by atoms with Gasteiger partial charge < -0.3 is 20.1 Å². The molecule has 0 aliphatic heterocycles. The van der Waals surface area contributed by atoms with E-state index in [1.165, 1.54) is 11.8 Å². The average molecular weight is 504 g/mol. The van der Waals surface area contributed by atoms with Crippen molar-refractivity contribution in [2.75, 3.05) is 23.5 Å². The number of H-pyrrole nitrogens is 1. The lowest BCUT2D eigenvalue weighted by molar-refractivity contribution is -0.113. The Hall–Kier alpha value is -4.31. The fourth-order valence-electron chi connectivity index (χ4n) is 3.17. The predicted octanol–water partition coefficient (Wildman–Crippen LogP) is 4.68. The second-order valence-corrected chi connectivity index (χ2v) is 8.68. The highest BCUT2D eigenvalue weighted by Gasteiger charge is 2.11. The van der Waals surface area contributed by atoms with Crippen molar-refractivity contribution in [2.24, 2.45) is 0 Å². The molecular weight excluding hydrogens is 478 g/mol. The van der Waals surface area contributed by atoms with Gasteiger partial charge in [0.25, 0.3) is 5.91 Å². The van der Waals surface area contributed by atoms with Crippen LogP contribution >= 0.6 is 11.8 Å². The second-order valence-electron chi connectivity index (χ2n) is 7.74. The molecule has 36 heavy (non-hydrogen) atoms. The fourth-order valence-corrected chi connectivity index (χ4v) is 3.78. The molecule has 2 amide bonds. The molecular formula is C26H25N5O4S. The molecule has 0 aliphatic rings. The number of benzene rings is 3. The van der Waals surface area contributed by atoms with Crippen molar-refractivity contribution < 1.29 is 19.1 Å². The Balaban J connectivity index is 1.23. The van der Waals surface area contributed by atoms with Gasteiger partial charge in [-0.15, -0.1) is 5.10 Å². The summed E-state index contributed by atoms with van der Waals surface area (Å²) < 4.78 is 10.9. The van der Waals surface area contributed by atoms with E-state index in [0.29, 0.717) is 33.7 Å². The molecule has 0 atom stereocenters. The Bertz CT molecular complexity index is 1320. The maximum absolute atomic E-state index is 12.5. The van der Waals surface area contributed by atoms with E-state index in [-0.39, 0.29) is 24.2 Å². The number of anilines is 2. The molecule has 0 fully saturated rings. The van der Waals surface area contributed by atoms with Crippen molar-refractivity contribution in [1.82, 2.24) is 15.2 Å². The minimum Gasteiger partial charge on any atom is -0.495 e. The zero-order chi connectivity index (χ0) is 25.3. The Labute approximate surface area is 212 Å². The van der Waals surface area contributed by atoms with Crippen LogP contribution in [0.25, 0.3) is 0 Å². The van der Waals surface area contributed by atoms with Gasteiger partial charge >= 0.3 is 0 Å². The van der Waals surface area contributed by atoms with Crippen molar-refractivity contribution in [3.8, 4) is 11.5 Å². The number of hydrogen-bond acceptors (Lipinski definition) is 7. The number of hydrogen-bond donors (Lipinski definition) is 3. The number of carbonyl (C=O) groups excluding carboxylic acids is 2. The van der Waals surface area contributed by atoms with E-state index in [1.54, 1.807) is 43.5 Å². The number of aryl methyl sites for hydroxylation is 1. The molecule has 0 unspecified atom stereocenters. The lowest BCUT2D eigenvalue weighted by Crippen LogP contribution is -2.15. The van der Waals surface area contributed by atoms with Crippen molar-refractivity contribution in [2.45, 2.75) is 18.7 Å². The number of para-hydroxylation sites is 2. The monoisotopic (exact) mass is 503 g/mol. The zero-order valence-electron chi connectivity index (χ0n) is 19.8. The summed E-state index contributed by atoms with van der Waals surface area (Å²) in [5.74, 6) is 1.53. The van der Waals surface area contributed by atoms with Gasteiger partial charge in [-0.1, -0.05) is 41.6 Å². The number of ether oxygens (including phenoxy) is 2. The van der Waals surface area contributed by atoms with E-state index in [2.05, 4.69) is 25.8 Å². The Morgan fingerprint density at radius 2 is 1.72 bits per heavy atom. The topological polar surface area (TPSA) is 118 Å². The van der Waals surface area contributed by atoms with Crippen LogP contribution < -0.4 is 20.1 Å². The summed E-state index contributed by atoms with van der Waals surface area (Å²) >= 11 is 1.21. The van der Waals surface area contributed by atoms with Gasteiger partial charge in [0, 0.05) is 11.3 Å². The summed E-state index contributed by atoms with van der Waals surface area (Å²) in [5.41, 5.74) is 2.77. The first-order valence-electron chi connectivity index (χ1n) is 11.1. The maximum atomic E-state index is 12.5. The Morgan fingerprint density at radius 1 is 0.972 bits per heavy atom. The third-order valence-corrected chi connectivity index (χ3v) is 5.87. The zero-order valence-corrected chi connectivity index (χ0v) is 20.6. The Kier molecular flexibility index (Phi) is 8.20. The number of carbonyl (C=O) groups is 2. The molecule has 4 rings (SSSR count). The van der Waals surface area contributed by atoms with Gasteiger partial charge in [0.1, 0.15) is 18.1 Å². The summed E-state index contributed by atoms with van der Waals surface area (Å²) in [4.78, 5) is 29.2. The van der Waals surface area contributed by atoms with Gasteiger partial charge in [0.2, 0.25) is 11.1 Å². The number of methoxy groups -OCH3 is 1. The van der Waals surface area contributed by atoms with Crippen LogP contribution in [-0.2, 0) is 11.4 Å². The molecule has 0 spiro atoms. The molecule has 3 N–H and O–H groups in total. The number of rotatable bonds is 10. The number of nitrogens with one attached hydrogen (secondary N) is 3.